The minimum absolute atomic E-state index is 0.108. The highest BCUT2D eigenvalue weighted by molar-refractivity contribution is 7.80. The zero-order valence-electron chi connectivity index (χ0n) is 9.20. The maximum absolute atomic E-state index is 11.3. The van der Waals surface area contributed by atoms with E-state index >= 15 is 0 Å². The van der Waals surface area contributed by atoms with Gasteiger partial charge in [-0.25, -0.2) is 4.21 Å². The van der Waals surface area contributed by atoms with E-state index in [2.05, 4.69) is 4.90 Å². The van der Waals surface area contributed by atoms with Crippen LogP contribution < -0.4 is 0 Å². The number of hydrogen-bond acceptors (Lipinski definition) is 3. The van der Waals surface area contributed by atoms with Crippen LogP contribution in [0.3, 0.4) is 0 Å². The van der Waals surface area contributed by atoms with Crippen LogP contribution in [-0.4, -0.2) is 40.6 Å². The molecule has 1 heterocycles. The van der Waals surface area contributed by atoms with E-state index in [0.29, 0.717) is 6.61 Å². The first-order valence-electron chi connectivity index (χ1n) is 5.46. The molecule has 4 heteroatoms. The Morgan fingerprint density at radius 1 is 1.29 bits per heavy atom. The fourth-order valence-electron chi connectivity index (χ4n) is 1.57. The Morgan fingerprint density at radius 3 is 2.50 bits per heavy atom. The van der Waals surface area contributed by atoms with Crippen LogP contribution >= 0.6 is 0 Å². The van der Waals surface area contributed by atoms with Crippen LogP contribution in [0.4, 0.5) is 0 Å². The molecule has 0 N–H and O–H groups in total. The predicted molar refractivity (Wildman–Crippen MR) is 59.5 cm³/mol. The van der Waals surface area contributed by atoms with Crippen molar-refractivity contribution >= 4 is 11.1 Å². The van der Waals surface area contributed by atoms with Crippen molar-refractivity contribution in [2.75, 3.05) is 26.2 Å². The summed E-state index contributed by atoms with van der Waals surface area (Å²) in [5.74, 6) is 0. The molecule has 1 aliphatic heterocycles. The summed E-state index contributed by atoms with van der Waals surface area (Å²) < 4.78 is 16.5. The molecular formula is C10H21NO2S. The quantitative estimate of drug-likeness (QED) is 0.703. The molecule has 3 nitrogen and oxygen atoms in total. The van der Waals surface area contributed by atoms with Crippen LogP contribution in [0.1, 0.15) is 33.1 Å². The average Bonchev–Trinajstić information content (AvgIpc) is 2.19. The van der Waals surface area contributed by atoms with Crippen LogP contribution in [0, 0.1) is 0 Å². The monoisotopic (exact) mass is 219 g/mol. The van der Waals surface area contributed by atoms with Gasteiger partial charge in [-0.2, -0.15) is 0 Å². The summed E-state index contributed by atoms with van der Waals surface area (Å²) in [5.41, 5.74) is 0. The van der Waals surface area contributed by atoms with Gasteiger partial charge in [0.2, 0.25) is 0 Å². The van der Waals surface area contributed by atoms with Gasteiger partial charge in [0.05, 0.1) is 11.9 Å². The summed E-state index contributed by atoms with van der Waals surface area (Å²) in [7, 11) is 0. The van der Waals surface area contributed by atoms with Gasteiger partial charge in [0.1, 0.15) is 0 Å². The maximum atomic E-state index is 11.3. The van der Waals surface area contributed by atoms with Crippen LogP contribution in [-0.2, 0) is 15.3 Å². The second kappa shape index (κ2) is 6.53. The van der Waals surface area contributed by atoms with Crippen molar-refractivity contribution in [1.82, 2.24) is 4.90 Å². The summed E-state index contributed by atoms with van der Waals surface area (Å²) in [5, 5.41) is 0.108. The number of hydrogen-bond donors (Lipinski definition) is 0. The van der Waals surface area contributed by atoms with Crippen molar-refractivity contribution in [3.05, 3.63) is 0 Å². The molecule has 0 radical (unpaired) electrons. The van der Waals surface area contributed by atoms with Gasteiger partial charge in [0.15, 0.2) is 11.1 Å². The second-order valence-electron chi connectivity index (χ2n) is 4.03. The third-order valence-electron chi connectivity index (χ3n) is 2.44. The molecule has 0 aromatic heterocycles. The van der Waals surface area contributed by atoms with Crippen molar-refractivity contribution in [2.24, 2.45) is 0 Å². The van der Waals surface area contributed by atoms with Gasteiger partial charge in [-0.1, -0.05) is 6.42 Å². The summed E-state index contributed by atoms with van der Waals surface area (Å²) in [6.45, 7) is 7.71. The zero-order valence-corrected chi connectivity index (χ0v) is 10.0. The third-order valence-corrected chi connectivity index (χ3v) is 3.61. The average molecular weight is 219 g/mol. The molecule has 0 aromatic rings. The van der Waals surface area contributed by atoms with Gasteiger partial charge in [0, 0.05) is 6.54 Å². The largest absolute Gasteiger partial charge is 0.301 e. The van der Waals surface area contributed by atoms with Crippen molar-refractivity contribution in [3.63, 3.8) is 0 Å². The summed E-state index contributed by atoms with van der Waals surface area (Å²) >= 11 is -1.10. The molecule has 1 unspecified atom stereocenters. The number of likely N-dealkylation sites (tertiary alicyclic amines) is 1. The molecule has 0 amide bonds. The summed E-state index contributed by atoms with van der Waals surface area (Å²) in [6, 6.07) is 0. The minimum atomic E-state index is -1.10. The molecule has 0 saturated carbocycles. The first kappa shape index (κ1) is 12.1. The van der Waals surface area contributed by atoms with Crippen molar-refractivity contribution in [1.29, 1.82) is 0 Å². The predicted octanol–water partition coefficient (Wildman–Crippen LogP) is 1.56. The van der Waals surface area contributed by atoms with Crippen molar-refractivity contribution in [3.8, 4) is 0 Å². The fourth-order valence-corrected chi connectivity index (χ4v) is 2.08. The van der Waals surface area contributed by atoms with Crippen LogP contribution in [0.25, 0.3) is 0 Å². The lowest BCUT2D eigenvalue weighted by molar-refractivity contribution is 0.190. The van der Waals surface area contributed by atoms with Gasteiger partial charge in [-0.05, 0) is 39.8 Å². The maximum Gasteiger partial charge on any atom is 0.158 e. The number of piperidine rings is 1. The highest BCUT2D eigenvalue weighted by Crippen LogP contribution is 2.08. The lowest BCUT2D eigenvalue weighted by atomic mass is 10.1. The highest BCUT2D eigenvalue weighted by atomic mass is 32.2. The lowest BCUT2D eigenvalue weighted by Crippen LogP contribution is -2.33. The molecule has 1 fully saturated rings. The highest BCUT2D eigenvalue weighted by Gasteiger charge is 2.11. The molecule has 1 aliphatic rings. The summed E-state index contributed by atoms with van der Waals surface area (Å²) in [6.07, 6.45) is 3.95. The molecule has 84 valence electrons. The standard InChI is InChI=1S/C10H21NO2S/c1-10(2)14(12)13-9-8-11-6-4-3-5-7-11/h10H,3-9H2,1-2H3. The molecular weight excluding hydrogens is 198 g/mol. The van der Waals surface area contributed by atoms with Crippen LogP contribution in [0.2, 0.25) is 0 Å². The van der Waals surface area contributed by atoms with Gasteiger partial charge < -0.3 is 4.90 Å². The lowest BCUT2D eigenvalue weighted by Gasteiger charge is -2.25. The second-order valence-corrected chi connectivity index (χ2v) is 5.73. The van der Waals surface area contributed by atoms with E-state index in [1.54, 1.807) is 0 Å². The Balaban J connectivity index is 2.05. The van der Waals surface area contributed by atoms with Gasteiger partial charge in [-0.3, -0.25) is 4.18 Å². The first-order valence-corrected chi connectivity index (χ1v) is 6.60. The molecule has 1 saturated heterocycles. The van der Waals surface area contributed by atoms with Gasteiger partial charge in [-0.15, -0.1) is 0 Å². The Morgan fingerprint density at radius 2 is 1.93 bits per heavy atom. The minimum Gasteiger partial charge on any atom is -0.301 e. The Hall–Kier alpha value is 0.0700. The first-order chi connectivity index (χ1) is 6.70. The van der Waals surface area contributed by atoms with E-state index < -0.39 is 11.1 Å². The van der Waals surface area contributed by atoms with Crippen LogP contribution in [0.5, 0.6) is 0 Å². The zero-order chi connectivity index (χ0) is 10.4. The smallest absolute Gasteiger partial charge is 0.158 e. The Kier molecular flexibility index (Phi) is 5.67. The topological polar surface area (TPSA) is 29.5 Å². The normalized spacial score (nSPS) is 21.4. The third kappa shape index (κ3) is 4.53. The van der Waals surface area contributed by atoms with E-state index in [9.17, 15) is 4.21 Å². The number of rotatable bonds is 5. The summed E-state index contributed by atoms with van der Waals surface area (Å²) in [4.78, 5) is 2.39. The molecule has 0 spiro atoms. The van der Waals surface area contributed by atoms with Crippen molar-refractivity contribution < 1.29 is 8.39 Å². The Labute approximate surface area is 89.5 Å². The molecule has 0 bridgehead atoms. The van der Waals surface area contributed by atoms with E-state index in [-0.39, 0.29) is 5.25 Å². The van der Waals surface area contributed by atoms with Crippen molar-refractivity contribution in [2.45, 2.75) is 38.4 Å². The molecule has 0 aromatic carbocycles. The molecule has 1 atom stereocenters. The fraction of sp³-hybridized carbons (Fsp3) is 1.00. The SMILES string of the molecule is CC(C)S(=O)OCCN1CCCCC1. The molecule has 14 heavy (non-hydrogen) atoms. The van der Waals surface area contributed by atoms with Gasteiger partial charge in [0.25, 0.3) is 0 Å². The van der Waals surface area contributed by atoms with E-state index in [1.165, 1.54) is 32.4 Å². The Bertz CT molecular complexity index is 179. The van der Waals surface area contributed by atoms with E-state index in [1.807, 2.05) is 13.8 Å². The van der Waals surface area contributed by atoms with E-state index in [0.717, 1.165) is 6.54 Å². The number of nitrogens with zero attached hydrogens (tertiary/aromatic N) is 1. The molecule has 1 rings (SSSR count). The molecule has 0 aliphatic carbocycles. The van der Waals surface area contributed by atoms with Crippen LogP contribution in [0.15, 0.2) is 0 Å². The van der Waals surface area contributed by atoms with Gasteiger partial charge >= 0.3 is 0 Å². The van der Waals surface area contributed by atoms with E-state index in [4.69, 9.17) is 4.18 Å².